The minimum absolute atomic E-state index is 0.0246. The second-order valence-electron chi connectivity index (χ2n) is 3.64. The Morgan fingerprint density at radius 1 is 1.46 bits per heavy atom. The highest BCUT2D eigenvalue weighted by atomic mass is 32.1. The zero-order valence-electron chi connectivity index (χ0n) is 8.71. The highest BCUT2D eigenvalue weighted by Crippen LogP contribution is 2.27. The third kappa shape index (κ3) is 3.24. The van der Waals surface area contributed by atoms with Gasteiger partial charge in [0.25, 0.3) is 0 Å². The maximum absolute atomic E-state index is 10.1. The molecule has 3 heteroatoms. The maximum atomic E-state index is 10.1. The van der Waals surface area contributed by atoms with Crippen LogP contribution in [0.15, 0.2) is 0 Å². The maximum Gasteiger partial charge on any atom is 0.189 e. The normalized spacial score (nSPS) is 17.8. The average molecular weight is 204 g/mol. The van der Waals surface area contributed by atoms with Crippen molar-refractivity contribution in [3.05, 3.63) is 0 Å². The molecule has 78 valence electrons. The molecular formula is C10H20O2S. The fraction of sp³-hybridized carbons (Fsp3) is 0.900. The Morgan fingerprint density at radius 3 is 2.31 bits per heavy atom. The molecule has 0 rings (SSSR count). The van der Waals surface area contributed by atoms with Crippen molar-refractivity contribution in [1.82, 2.24) is 0 Å². The van der Waals surface area contributed by atoms with Gasteiger partial charge in [-0.2, -0.15) is 0 Å². The first-order valence-corrected chi connectivity index (χ1v) is 5.35. The summed E-state index contributed by atoms with van der Waals surface area (Å²) in [7, 11) is 0. The van der Waals surface area contributed by atoms with Crippen LogP contribution in [0.25, 0.3) is 0 Å². The first-order valence-electron chi connectivity index (χ1n) is 4.94. The smallest absolute Gasteiger partial charge is 0.189 e. The Kier molecular flexibility index (Phi) is 5.49. The van der Waals surface area contributed by atoms with E-state index < -0.39 is 5.60 Å². The molecule has 0 saturated carbocycles. The summed E-state index contributed by atoms with van der Waals surface area (Å²) in [6.45, 7) is 5.95. The van der Waals surface area contributed by atoms with E-state index in [0.29, 0.717) is 6.42 Å². The van der Waals surface area contributed by atoms with Gasteiger partial charge in [-0.1, -0.05) is 40.0 Å². The summed E-state index contributed by atoms with van der Waals surface area (Å²) in [6.07, 6.45) is 3.28. The molecule has 13 heavy (non-hydrogen) atoms. The average Bonchev–Trinajstić information content (AvgIpc) is 2.12. The number of hydrogen-bond acceptors (Lipinski definition) is 2. The third-order valence-electron chi connectivity index (χ3n) is 2.71. The van der Waals surface area contributed by atoms with E-state index >= 15 is 0 Å². The summed E-state index contributed by atoms with van der Waals surface area (Å²) >= 11 is 4.69. The number of hydrogen-bond donors (Lipinski definition) is 2. The molecular weight excluding hydrogens is 184 g/mol. The van der Waals surface area contributed by atoms with Crippen LogP contribution in [0.5, 0.6) is 0 Å². The van der Waals surface area contributed by atoms with E-state index in [2.05, 4.69) is 6.92 Å². The molecule has 0 amide bonds. The highest BCUT2D eigenvalue weighted by Gasteiger charge is 2.36. The van der Waals surface area contributed by atoms with Crippen molar-refractivity contribution >= 4 is 17.3 Å². The lowest BCUT2D eigenvalue weighted by Crippen LogP contribution is -2.43. The van der Waals surface area contributed by atoms with Crippen LogP contribution >= 0.6 is 12.2 Å². The van der Waals surface area contributed by atoms with Crippen LogP contribution in [0.1, 0.15) is 46.5 Å². The number of aliphatic hydroxyl groups excluding tert-OH is 1. The van der Waals surface area contributed by atoms with Crippen molar-refractivity contribution in [2.45, 2.75) is 52.1 Å². The van der Waals surface area contributed by atoms with Crippen LogP contribution in [0.3, 0.4) is 0 Å². The van der Waals surface area contributed by atoms with Gasteiger partial charge >= 0.3 is 0 Å². The van der Waals surface area contributed by atoms with Gasteiger partial charge in [0.05, 0.1) is 0 Å². The Morgan fingerprint density at radius 2 is 2.00 bits per heavy atom. The molecule has 0 aromatic rings. The van der Waals surface area contributed by atoms with Crippen LogP contribution in [0, 0.1) is 5.92 Å². The van der Waals surface area contributed by atoms with Gasteiger partial charge in [0.1, 0.15) is 5.60 Å². The van der Waals surface area contributed by atoms with E-state index in [0.717, 1.165) is 19.3 Å². The molecule has 0 aliphatic carbocycles. The molecule has 0 aromatic heterocycles. The van der Waals surface area contributed by atoms with Crippen molar-refractivity contribution in [3.8, 4) is 0 Å². The van der Waals surface area contributed by atoms with Gasteiger partial charge in [-0.15, -0.1) is 0 Å². The van der Waals surface area contributed by atoms with Gasteiger partial charge in [0.2, 0.25) is 0 Å². The molecule has 0 aromatic carbocycles. The predicted molar refractivity (Wildman–Crippen MR) is 59.2 cm³/mol. The quantitative estimate of drug-likeness (QED) is 0.654. The zero-order valence-corrected chi connectivity index (χ0v) is 9.52. The molecule has 0 unspecified atom stereocenters. The van der Waals surface area contributed by atoms with Crippen LogP contribution in [0.4, 0.5) is 0 Å². The largest absolute Gasteiger partial charge is 0.500 e. The lowest BCUT2D eigenvalue weighted by Gasteiger charge is -2.31. The highest BCUT2D eigenvalue weighted by molar-refractivity contribution is 7.80. The van der Waals surface area contributed by atoms with Crippen molar-refractivity contribution in [2.24, 2.45) is 5.92 Å². The molecule has 0 fully saturated rings. The molecule has 0 radical (unpaired) electrons. The van der Waals surface area contributed by atoms with Gasteiger partial charge in [-0.25, -0.2) is 0 Å². The summed E-state index contributed by atoms with van der Waals surface area (Å²) in [5.74, 6) is 0.0246. The number of aliphatic hydroxyl groups is 2. The van der Waals surface area contributed by atoms with Crippen molar-refractivity contribution in [2.75, 3.05) is 0 Å². The van der Waals surface area contributed by atoms with E-state index in [1.165, 1.54) is 0 Å². The van der Waals surface area contributed by atoms with Crippen LogP contribution in [0.2, 0.25) is 0 Å². The fourth-order valence-electron chi connectivity index (χ4n) is 1.35. The van der Waals surface area contributed by atoms with E-state index in [1.807, 2.05) is 13.8 Å². The van der Waals surface area contributed by atoms with Crippen molar-refractivity contribution < 1.29 is 10.2 Å². The number of unbranched alkanes of at least 4 members (excludes halogenated alkanes) is 1. The van der Waals surface area contributed by atoms with Gasteiger partial charge in [-0.3, -0.25) is 0 Å². The Hall–Kier alpha value is -0.150. The van der Waals surface area contributed by atoms with E-state index in [-0.39, 0.29) is 11.0 Å². The zero-order chi connectivity index (χ0) is 10.5. The minimum atomic E-state index is -1.15. The van der Waals surface area contributed by atoms with E-state index in [1.54, 1.807) is 0 Å². The monoisotopic (exact) mass is 204 g/mol. The first kappa shape index (κ1) is 12.8. The molecule has 0 bridgehead atoms. The van der Waals surface area contributed by atoms with Gasteiger partial charge in [0, 0.05) is 0 Å². The number of rotatable bonds is 6. The molecule has 2 nitrogen and oxygen atoms in total. The summed E-state index contributed by atoms with van der Waals surface area (Å²) in [4.78, 5) is 0. The van der Waals surface area contributed by atoms with Crippen molar-refractivity contribution in [1.29, 1.82) is 0 Å². The second-order valence-corrected chi connectivity index (χ2v) is 4.03. The molecule has 2 N–H and O–H groups in total. The standard InChI is InChI=1S/C10H20O2S/c1-4-6-7-10(12,9(11)13)8(3)5-2/h8,12H,4-7H2,1-3H3,(H,11,13)/t8-,10-/m0/s1. The van der Waals surface area contributed by atoms with E-state index in [4.69, 9.17) is 12.2 Å². The van der Waals surface area contributed by atoms with Crippen LogP contribution in [-0.2, 0) is 0 Å². The lowest BCUT2D eigenvalue weighted by atomic mass is 9.83. The fourth-order valence-corrected chi connectivity index (χ4v) is 1.65. The number of thiocarbonyl (C=S) groups is 1. The molecule has 2 atom stereocenters. The SMILES string of the molecule is CCCC[C@@](O)(C(O)=S)[C@@H](C)CC. The Balaban J connectivity index is 4.42. The molecule has 0 spiro atoms. The van der Waals surface area contributed by atoms with Crippen molar-refractivity contribution in [3.63, 3.8) is 0 Å². The predicted octanol–water partition coefficient (Wildman–Crippen LogP) is 2.84. The molecule has 0 aliphatic rings. The topological polar surface area (TPSA) is 40.5 Å². The van der Waals surface area contributed by atoms with Gasteiger partial charge in [0.15, 0.2) is 5.05 Å². The second kappa shape index (κ2) is 5.55. The summed E-state index contributed by atoms with van der Waals surface area (Å²) in [5.41, 5.74) is -1.15. The minimum Gasteiger partial charge on any atom is -0.500 e. The Bertz CT molecular complexity index is 170. The summed E-state index contributed by atoms with van der Waals surface area (Å²) in [5, 5.41) is 19.1. The molecule has 0 aliphatic heterocycles. The van der Waals surface area contributed by atoms with Gasteiger partial charge < -0.3 is 10.2 Å². The van der Waals surface area contributed by atoms with E-state index in [9.17, 15) is 10.2 Å². The first-order chi connectivity index (χ1) is 5.99. The third-order valence-corrected chi connectivity index (χ3v) is 3.06. The van der Waals surface area contributed by atoms with Gasteiger partial charge in [-0.05, 0) is 24.6 Å². The molecule has 0 heterocycles. The summed E-state index contributed by atoms with van der Waals surface area (Å²) in [6, 6.07) is 0. The van der Waals surface area contributed by atoms with Crippen LogP contribution < -0.4 is 0 Å². The lowest BCUT2D eigenvalue weighted by molar-refractivity contribution is 0.0309. The van der Waals surface area contributed by atoms with Crippen LogP contribution in [-0.4, -0.2) is 20.9 Å². The molecule has 0 saturated heterocycles. The Labute approximate surface area is 86.0 Å². The summed E-state index contributed by atoms with van der Waals surface area (Å²) < 4.78 is 0.